The van der Waals surface area contributed by atoms with Gasteiger partial charge in [-0.15, -0.1) is 0 Å². The molecule has 1 aromatic carbocycles. The molecule has 0 radical (unpaired) electrons. The summed E-state index contributed by atoms with van der Waals surface area (Å²) in [6.45, 7) is 7.87. The van der Waals surface area contributed by atoms with E-state index >= 15 is 0 Å². The minimum absolute atomic E-state index is 0.242. The van der Waals surface area contributed by atoms with Crippen LogP contribution in [0.3, 0.4) is 0 Å². The lowest BCUT2D eigenvalue weighted by molar-refractivity contribution is 0.0798. The van der Waals surface area contributed by atoms with Crippen molar-refractivity contribution in [1.29, 1.82) is 0 Å². The number of rotatable bonds is 5. The van der Waals surface area contributed by atoms with Crippen molar-refractivity contribution in [2.75, 3.05) is 39.3 Å². The molecule has 0 bridgehead atoms. The molecule has 3 rings (SSSR count). The molecule has 1 aliphatic heterocycles. The number of aromatic nitrogens is 1. The Hall–Kier alpha value is -2.41. The van der Waals surface area contributed by atoms with Crippen LogP contribution in [0.4, 0.5) is 9.18 Å². The fraction of sp³-hybridized carbons (Fsp3) is 0.474. The number of halogens is 1. The van der Waals surface area contributed by atoms with Crippen LogP contribution in [-0.2, 0) is 11.2 Å². The Morgan fingerprint density at radius 1 is 1.27 bits per heavy atom. The Bertz CT molecular complexity index is 754. The van der Waals surface area contributed by atoms with E-state index in [0.29, 0.717) is 31.0 Å². The Morgan fingerprint density at radius 2 is 2.04 bits per heavy atom. The van der Waals surface area contributed by atoms with Crippen molar-refractivity contribution in [2.45, 2.75) is 20.3 Å². The summed E-state index contributed by atoms with van der Waals surface area (Å²) in [6, 6.07) is 6.73. The number of amides is 1. The zero-order valence-electron chi connectivity index (χ0n) is 15.2. The van der Waals surface area contributed by atoms with Crippen LogP contribution in [0.15, 0.2) is 28.8 Å². The normalized spacial score (nSPS) is 15.3. The number of hydrogen-bond acceptors (Lipinski definition) is 5. The van der Waals surface area contributed by atoms with Gasteiger partial charge >= 0.3 is 6.09 Å². The molecule has 0 saturated carbocycles. The number of benzene rings is 1. The number of nitrogens with zero attached hydrogens (tertiary/aromatic N) is 3. The lowest BCUT2D eigenvalue weighted by atomic mass is 10.1. The summed E-state index contributed by atoms with van der Waals surface area (Å²) < 4.78 is 24.3. The minimum Gasteiger partial charge on any atom is -0.450 e. The van der Waals surface area contributed by atoms with E-state index in [2.05, 4.69) is 10.1 Å². The fourth-order valence-electron chi connectivity index (χ4n) is 3.03. The molecule has 26 heavy (non-hydrogen) atoms. The van der Waals surface area contributed by atoms with E-state index < -0.39 is 0 Å². The topological polar surface area (TPSA) is 58.8 Å². The predicted molar refractivity (Wildman–Crippen MR) is 95.4 cm³/mol. The molecular weight excluding hydrogens is 337 g/mol. The Balaban J connectivity index is 1.52. The van der Waals surface area contributed by atoms with Crippen molar-refractivity contribution in [2.24, 2.45) is 0 Å². The highest BCUT2D eigenvalue weighted by atomic mass is 19.1. The Kier molecular flexibility index (Phi) is 5.88. The zero-order chi connectivity index (χ0) is 18.5. The summed E-state index contributed by atoms with van der Waals surface area (Å²) in [6.07, 6.45) is 0.476. The maximum absolute atomic E-state index is 14.0. The molecular formula is C19H24FN3O3. The standard InChI is InChI=1S/C19H24FN3O3/c1-3-25-19(24)23-10-8-22(9-11-23)7-6-15-13-18(26-21-15)16-12-14(2)4-5-17(16)20/h4-5,12-13H,3,6-11H2,1-2H3. The van der Waals surface area contributed by atoms with Gasteiger partial charge in [0, 0.05) is 45.2 Å². The maximum Gasteiger partial charge on any atom is 0.409 e. The van der Waals surface area contributed by atoms with Crippen LogP contribution in [0.5, 0.6) is 0 Å². The second kappa shape index (κ2) is 8.31. The SMILES string of the molecule is CCOC(=O)N1CCN(CCc2cc(-c3cc(C)ccc3F)on2)CC1. The van der Waals surface area contributed by atoms with Gasteiger partial charge in [-0.25, -0.2) is 9.18 Å². The van der Waals surface area contributed by atoms with Crippen LogP contribution in [0.25, 0.3) is 11.3 Å². The molecule has 1 aromatic heterocycles. The van der Waals surface area contributed by atoms with Gasteiger partial charge in [0.25, 0.3) is 0 Å². The van der Waals surface area contributed by atoms with E-state index in [1.807, 2.05) is 13.8 Å². The first kappa shape index (κ1) is 18.4. The van der Waals surface area contributed by atoms with E-state index in [-0.39, 0.29) is 11.9 Å². The van der Waals surface area contributed by atoms with Gasteiger partial charge < -0.3 is 14.2 Å². The number of piperazine rings is 1. The van der Waals surface area contributed by atoms with Crippen molar-refractivity contribution in [3.05, 3.63) is 41.3 Å². The van der Waals surface area contributed by atoms with Crippen molar-refractivity contribution >= 4 is 6.09 Å². The molecule has 0 unspecified atom stereocenters. The second-order valence-corrected chi connectivity index (χ2v) is 6.44. The first-order chi connectivity index (χ1) is 12.6. The molecule has 0 aliphatic carbocycles. The van der Waals surface area contributed by atoms with E-state index in [0.717, 1.165) is 37.3 Å². The fourth-order valence-corrected chi connectivity index (χ4v) is 3.03. The van der Waals surface area contributed by atoms with Gasteiger partial charge in [-0.2, -0.15) is 0 Å². The molecule has 2 heterocycles. The molecule has 2 aromatic rings. The van der Waals surface area contributed by atoms with Gasteiger partial charge in [0.05, 0.1) is 17.9 Å². The average molecular weight is 361 g/mol. The summed E-state index contributed by atoms with van der Waals surface area (Å²) in [5, 5.41) is 4.06. The third-order valence-electron chi connectivity index (χ3n) is 4.53. The molecule has 7 heteroatoms. The number of aryl methyl sites for hydroxylation is 1. The largest absolute Gasteiger partial charge is 0.450 e. The first-order valence-electron chi connectivity index (χ1n) is 8.93. The number of hydrogen-bond donors (Lipinski definition) is 0. The zero-order valence-corrected chi connectivity index (χ0v) is 15.2. The highest BCUT2D eigenvalue weighted by Gasteiger charge is 2.22. The molecule has 140 valence electrons. The summed E-state index contributed by atoms with van der Waals surface area (Å²) in [7, 11) is 0. The quantitative estimate of drug-likeness (QED) is 0.819. The Labute approximate surface area is 152 Å². The molecule has 1 aliphatic rings. The van der Waals surface area contributed by atoms with E-state index in [4.69, 9.17) is 9.26 Å². The summed E-state index contributed by atoms with van der Waals surface area (Å²) in [4.78, 5) is 15.7. The smallest absolute Gasteiger partial charge is 0.409 e. The van der Waals surface area contributed by atoms with Crippen LogP contribution < -0.4 is 0 Å². The molecule has 6 nitrogen and oxygen atoms in total. The molecule has 0 atom stereocenters. The second-order valence-electron chi connectivity index (χ2n) is 6.44. The van der Waals surface area contributed by atoms with E-state index in [9.17, 15) is 9.18 Å². The van der Waals surface area contributed by atoms with Gasteiger partial charge in [0.1, 0.15) is 5.82 Å². The first-order valence-corrected chi connectivity index (χ1v) is 8.93. The van der Waals surface area contributed by atoms with Crippen molar-refractivity contribution in [1.82, 2.24) is 15.0 Å². The summed E-state index contributed by atoms with van der Waals surface area (Å²) in [5.41, 5.74) is 2.21. The maximum atomic E-state index is 14.0. The van der Waals surface area contributed by atoms with E-state index in [1.165, 1.54) is 6.07 Å². The van der Waals surface area contributed by atoms with Gasteiger partial charge in [-0.1, -0.05) is 16.8 Å². The number of carbonyl (C=O) groups is 1. The van der Waals surface area contributed by atoms with Crippen molar-refractivity contribution in [3.63, 3.8) is 0 Å². The predicted octanol–water partition coefficient (Wildman–Crippen LogP) is 3.11. The monoisotopic (exact) mass is 361 g/mol. The van der Waals surface area contributed by atoms with Crippen LogP contribution in [-0.4, -0.2) is 60.4 Å². The molecule has 0 spiro atoms. The van der Waals surface area contributed by atoms with Crippen molar-refractivity contribution < 1.29 is 18.4 Å². The lowest BCUT2D eigenvalue weighted by Gasteiger charge is -2.33. The molecule has 1 fully saturated rings. The van der Waals surface area contributed by atoms with Gasteiger partial charge in [0.2, 0.25) is 0 Å². The number of carbonyl (C=O) groups excluding carboxylic acids is 1. The van der Waals surface area contributed by atoms with Crippen LogP contribution in [0.2, 0.25) is 0 Å². The summed E-state index contributed by atoms with van der Waals surface area (Å²) in [5.74, 6) is 0.140. The molecule has 0 N–H and O–H groups in total. The average Bonchev–Trinajstić information content (AvgIpc) is 3.11. The van der Waals surface area contributed by atoms with Crippen LogP contribution in [0.1, 0.15) is 18.2 Å². The highest BCUT2D eigenvalue weighted by molar-refractivity contribution is 5.67. The van der Waals surface area contributed by atoms with Gasteiger partial charge in [-0.3, -0.25) is 4.90 Å². The lowest BCUT2D eigenvalue weighted by Crippen LogP contribution is -2.49. The molecule has 1 saturated heterocycles. The van der Waals surface area contributed by atoms with Crippen LogP contribution >= 0.6 is 0 Å². The van der Waals surface area contributed by atoms with Crippen molar-refractivity contribution in [3.8, 4) is 11.3 Å². The van der Waals surface area contributed by atoms with Gasteiger partial charge in [0.15, 0.2) is 5.76 Å². The van der Waals surface area contributed by atoms with E-state index in [1.54, 1.807) is 23.1 Å². The van der Waals surface area contributed by atoms with Gasteiger partial charge in [-0.05, 0) is 26.0 Å². The van der Waals surface area contributed by atoms with Crippen LogP contribution in [0, 0.1) is 12.7 Å². The molecule has 1 amide bonds. The Morgan fingerprint density at radius 3 is 2.77 bits per heavy atom. The minimum atomic E-state index is -0.312. The third kappa shape index (κ3) is 4.40. The third-order valence-corrected chi connectivity index (χ3v) is 4.53. The highest BCUT2D eigenvalue weighted by Crippen LogP contribution is 2.25. The summed E-state index contributed by atoms with van der Waals surface area (Å²) >= 11 is 0. The number of ether oxygens (including phenoxy) is 1.